The van der Waals surface area contributed by atoms with Crippen LogP contribution in [0.5, 0.6) is 5.75 Å². The molecular formula is C13H22N4O. The SMILES string of the molecule is CCCOc1cccnc1NN1CCN(C)CC1. The summed E-state index contributed by atoms with van der Waals surface area (Å²) >= 11 is 0. The summed E-state index contributed by atoms with van der Waals surface area (Å²) in [6, 6.07) is 3.86. The third kappa shape index (κ3) is 3.58. The van der Waals surface area contributed by atoms with Crippen molar-refractivity contribution in [3.63, 3.8) is 0 Å². The van der Waals surface area contributed by atoms with E-state index in [2.05, 4.69) is 34.3 Å². The second kappa shape index (κ2) is 6.56. The summed E-state index contributed by atoms with van der Waals surface area (Å²) in [6.07, 6.45) is 2.79. The van der Waals surface area contributed by atoms with E-state index in [1.54, 1.807) is 6.20 Å². The minimum absolute atomic E-state index is 0.725. The van der Waals surface area contributed by atoms with Crippen molar-refractivity contribution in [1.29, 1.82) is 0 Å². The number of hydrazine groups is 1. The molecule has 0 aliphatic carbocycles. The van der Waals surface area contributed by atoms with Gasteiger partial charge in [-0.3, -0.25) is 5.43 Å². The third-order valence-electron chi connectivity index (χ3n) is 3.00. The lowest BCUT2D eigenvalue weighted by molar-refractivity contribution is 0.177. The van der Waals surface area contributed by atoms with E-state index in [9.17, 15) is 0 Å². The molecule has 2 heterocycles. The Morgan fingerprint density at radius 1 is 1.33 bits per heavy atom. The van der Waals surface area contributed by atoms with E-state index in [4.69, 9.17) is 4.74 Å². The fourth-order valence-corrected chi connectivity index (χ4v) is 1.87. The Labute approximate surface area is 109 Å². The van der Waals surface area contributed by atoms with Gasteiger partial charge in [-0.15, -0.1) is 0 Å². The van der Waals surface area contributed by atoms with Gasteiger partial charge in [0, 0.05) is 32.4 Å². The minimum Gasteiger partial charge on any atom is -0.490 e. The van der Waals surface area contributed by atoms with E-state index in [1.165, 1.54) is 0 Å². The van der Waals surface area contributed by atoms with Crippen LogP contribution in [0.2, 0.25) is 0 Å². The molecule has 0 saturated carbocycles. The fourth-order valence-electron chi connectivity index (χ4n) is 1.87. The Hall–Kier alpha value is -1.33. The number of ether oxygens (including phenoxy) is 1. The highest BCUT2D eigenvalue weighted by molar-refractivity contribution is 5.48. The maximum Gasteiger partial charge on any atom is 0.183 e. The van der Waals surface area contributed by atoms with Gasteiger partial charge in [-0.1, -0.05) is 6.92 Å². The lowest BCUT2D eigenvalue weighted by Crippen LogP contribution is -2.47. The number of nitrogens with one attached hydrogen (secondary N) is 1. The summed E-state index contributed by atoms with van der Waals surface area (Å²) < 4.78 is 5.69. The molecule has 5 heteroatoms. The number of piperazine rings is 1. The van der Waals surface area contributed by atoms with Crippen LogP contribution >= 0.6 is 0 Å². The quantitative estimate of drug-likeness (QED) is 0.856. The molecule has 1 fully saturated rings. The van der Waals surface area contributed by atoms with Gasteiger partial charge in [0.15, 0.2) is 11.6 Å². The molecule has 0 bridgehead atoms. The van der Waals surface area contributed by atoms with Gasteiger partial charge in [0.25, 0.3) is 0 Å². The maximum atomic E-state index is 5.69. The number of anilines is 1. The topological polar surface area (TPSA) is 40.6 Å². The van der Waals surface area contributed by atoms with E-state index >= 15 is 0 Å². The molecule has 1 aliphatic heterocycles. The molecule has 1 N–H and O–H groups in total. The predicted molar refractivity (Wildman–Crippen MR) is 72.7 cm³/mol. The molecular weight excluding hydrogens is 228 g/mol. The van der Waals surface area contributed by atoms with Crippen LogP contribution in [0, 0.1) is 0 Å². The van der Waals surface area contributed by atoms with Gasteiger partial charge in [-0.05, 0) is 25.6 Å². The van der Waals surface area contributed by atoms with E-state index in [1.807, 2.05) is 12.1 Å². The molecule has 0 aromatic carbocycles. The summed E-state index contributed by atoms with van der Waals surface area (Å²) in [5, 5.41) is 2.20. The number of hydrogen-bond donors (Lipinski definition) is 1. The highest BCUT2D eigenvalue weighted by Crippen LogP contribution is 2.21. The monoisotopic (exact) mass is 250 g/mol. The van der Waals surface area contributed by atoms with Crippen LogP contribution in [0.4, 0.5) is 5.82 Å². The summed E-state index contributed by atoms with van der Waals surface area (Å²) in [4.78, 5) is 6.68. The Kier molecular flexibility index (Phi) is 4.78. The average molecular weight is 250 g/mol. The van der Waals surface area contributed by atoms with Crippen molar-refractivity contribution < 1.29 is 4.74 Å². The van der Waals surface area contributed by atoms with Crippen LogP contribution in [-0.2, 0) is 0 Å². The van der Waals surface area contributed by atoms with Gasteiger partial charge in [0.1, 0.15) is 0 Å². The Morgan fingerprint density at radius 2 is 2.11 bits per heavy atom. The molecule has 5 nitrogen and oxygen atoms in total. The van der Waals surface area contributed by atoms with Crippen molar-refractivity contribution in [1.82, 2.24) is 14.9 Å². The molecule has 18 heavy (non-hydrogen) atoms. The minimum atomic E-state index is 0.725. The zero-order chi connectivity index (χ0) is 12.8. The zero-order valence-electron chi connectivity index (χ0n) is 11.2. The lowest BCUT2D eigenvalue weighted by atomic mass is 10.4. The van der Waals surface area contributed by atoms with Crippen LogP contribution in [0.15, 0.2) is 18.3 Å². The first-order valence-corrected chi connectivity index (χ1v) is 6.57. The number of pyridine rings is 1. The largest absolute Gasteiger partial charge is 0.490 e. The lowest BCUT2D eigenvalue weighted by Gasteiger charge is -2.32. The predicted octanol–water partition coefficient (Wildman–Crippen LogP) is 1.44. The van der Waals surface area contributed by atoms with Crippen LogP contribution in [0.3, 0.4) is 0 Å². The van der Waals surface area contributed by atoms with Crippen molar-refractivity contribution in [2.24, 2.45) is 0 Å². The molecule has 0 unspecified atom stereocenters. The molecule has 0 radical (unpaired) electrons. The highest BCUT2D eigenvalue weighted by Gasteiger charge is 2.15. The molecule has 0 atom stereocenters. The molecule has 0 amide bonds. The highest BCUT2D eigenvalue weighted by atomic mass is 16.5. The summed E-state index contributed by atoms with van der Waals surface area (Å²) in [5.74, 6) is 1.65. The normalized spacial score (nSPS) is 17.7. The average Bonchev–Trinajstić information content (AvgIpc) is 2.40. The molecule has 1 aromatic rings. The number of likely N-dealkylation sites (N-methyl/N-ethyl adjacent to an activating group) is 1. The van der Waals surface area contributed by atoms with Crippen molar-refractivity contribution >= 4 is 5.82 Å². The third-order valence-corrected chi connectivity index (χ3v) is 3.00. The standard InChI is InChI=1S/C13H22N4O/c1-3-11-18-12-5-4-6-14-13(12)15-17-9-7-16(2)8-10-17/h4-6H,3,7-11H2,1-2H3,(H,14,15). The van der Waals surface area contributed by atoms with E-state index in [0.29, 0.717) is 0 Å². The molecule has 0 spiro atoms. The fraction of sp³-hybridized carbons (Fsp3) is 0.615. The molecule has 1 aromatic heterocycles. The van der Waals surface area contributed by atoms with Crippen molar-refractivity contribution in [3.05, 3.63) is 18.3 Å². The van der Waals surface area contributed by atoms with Crippen LogP contribution in [0.1, 0.15) is 13.3 Å². The van der Waals surface area contributed by atoms with Gasteiger partial charge in [0.2, 0.25) is 0 Å². The molecule has 100 valence electrons. The van der Waals surface area contributed by atoms with Crippen LogP contribution in [0.25, 0.3) is 0 Å². The van der Waals surface area contributed by atoms with Crippen molar-refractivity contribution in [3.8, 4) is 5.75 Å². The first kappa shape index (κ1) is 13.1. The first-order chi connectivity index (χ1) is 8.79. The summed E-state index contributed by atoms with van der Waals surface area (Å²) in [6.45, 7) is 6.98. The summed E-state index contributed by atoms with van der Waals surface area (Å²) in [5.41, 5.74) is 3.35. The second-order valence-corrected chi connectivity index (χ2v) is 4.60. The molecule has 1 saturated heterocycles. The van der Waals surface area contributed by atoms with Gasteiger partial charge < -0.3 is 9.64 Å². The molecule has 2 rings (SSSR count). The van der Waals surface area contributed by atoms with E-state index < -0.39 is 0 Å². The van der Waals surface area contributed by atoms with Gasteiger partial charge in [-0.2, -0.15) is 0 Å². The number of nitrogens with zero attached hydrogens (tertiary/aromatic N) is 3. The maximum absolute atomic E-state index is 5.69. The zero-order valence-corrected chi connectivity index (χ0v) is 11.2. The number of aromatic nitrogens is 1. The Bertz CT molecular complexity index is 364. The van der Waals surface area contributed by atoms with E-state index in [-0.39, 0.29) is 0 Å². The smallest absolute Gasteiger partial charge is 0.183 e. The second-order valence-electron chi connectivity index (χ2n) is 4.60. The van der Waals surface area contributed by atoms with Gasteiger partial charge in [-0.25, -0.2) is 9.99 Å². The van der Waals surface area contributed by atoms with Crippen molar-refractivity contribution in [2.75, 3.05) is 45.3 Å². The summed E-state index contributed by atoms with van der Waals surface area (Å²) in [7, 11) is 2.15. The van der Waals surface area contributed by atoms with Gasteiger partial charge in [0.05, 0.1) is 6.61 Å². The Morgan fingerprint density at radius 3 is 2.83 bits per heavy atom. The first-order valence-electron chi connectivity index (χ1n) is 6.57. The number of hydrogen-bond acceptors (Lipinski definition) is 5. The molecule has 1 aliphatic rings. The number of rotatable bonds is 5. The van der Waals surface area contributed by atoms with Crippen molar-refractivity contribution in [2.45, 2.75) is 13.3 Å². The van der Waals surface area contributed by atoms with Crippen LogP contribution < -0.4 is 10.2 Å². The van der Waals surface area contributed by atoms with Crippen LogP contribution in [-0.4, -0.2) is 54.7 Å². The van der Waals surface area contributed by atoms with Gasteiger partial charge >= 0.3 is 0 Å². The van der Waals surface area contributed by atoms with E-state index in [0.717, 1.165) is 50.8 Å². The Balaban J connectivity index is 1.95.